The van der Waals surface area contributed by atoms with Crippen molar-refractivity contribution in [2.75, 3.05) is 0 Å². The fourth-order valence-corrected chi connectivity index (χ4v) is 1.70. The minimum Gasteiger partial charge on any atom is -0.423 e. The van der Waals surface area contributed by atoms with Gasteiger partial charge in [-0.05, 0) is 23.8 Å². The van der Waals surface area contributed by atoms with Gasteiger partial charge in [0.15, 0.2) is 0 Å². The molecular weight excluding hydrogens is 236 g/mol. The highest BCUT2D eigenvalue weighted by atomic mass is 16.5. The first-order valence-corrected chi connectivity index (χ1v) is 5.75. The summed E-state index contributed by atoms with van der Waals surface area (Å²) in [6.07, 6.45) is 6.48. The lowest BCUT2D eigenvalue weighted by Gasteiger charge is -2.09. The van der Waals surface area contributed by atoms with Crippen LogP contribution in [-0.2, 0) is 4.79 Å². The molecule has 19 heavy (non-hydrogen) atoms. The van der Waals surface area contributed by atoms with Crippen molar-refractivity contribution in [3.05, 3.63) is 66.7 Å². The van der Waals surface area contributed by atoms with Crippen LogP contribution in [0.5, 0.6) is 5.75 Å². The van der Waals surface area contributed by atoms with E-state index >= 15 is 0 Å². The topological polar surface area (TPSA) is 26.3 Å². The number of rotatable bonds is 3. The van der Waals surface area contributed by atoms with E-state index in [0.717, 1.165) is 17.2 Å². The van der Waals surface area contributed by atoms with E-state index in [1.165, 1.54) is 0 Å². The summed E-state index contributed by atoms with van der Waals surface area (Å²) in [5, 5.41) is 0. The number of ether oxygens (including phenoxy) is 1. The standard InChI is InChI=1S/C17H12O2/c1-3-13-10-11-15(14-8-6-5-7-9-14)16(12-13)19-17(18)4-2/h1,4-12H,2H2. The van der Waals surface area contributed by atoms with Crippen molar-refractivity contribution in [2.45, 2.75) is 0 Å². The smallest absolute Gasteiger partial charge is 0.335 e. The SMILES string of the molecule is C#Cc1ccc(-c2ccccc2)c(OC(=O)C=C)c1. The van der Waals surface area contributed by atoms with E-state index in [-0.39, 0.29) is 0 Å². The molecule has 0 N–H and O–H groups in total. The van der Waals surface area contributed by atoms with Crippen LogP contribution in [0.1, 0.15) is 5.56 Å². The number of esters is 1. The van der Waals surface area contributed by atoms with Crippen molar-refractivity contribution in [1.29, 1.82) is 0 Å². The van der Waals surface area contributed by atoms with E-state index in [0.29, 0.717) is 11.3 Å². The van der Waals surface area contributed by atoms with Gasteiger partial charge < -0.3 is 4.74 Å². The number of carbonyl (C=O) groups excluding carboxylic acids is 1. The molecule has 0 aliphatic carbocycles. The van der Waals surface area contributed by atoms with E-state index in [2.05, 4.69) is 12.5 Å². The highest BCUT2D eigenvalue weighted by Crippen LogP contribution is 2.31. The van der Waals surface area contributed by atoms with E-state index in [1.807, 2.05) is 42.5 Å². The number of hydrogen-bond donors (Lipinski definition) is 0. The Morgan fingerprint density at radius 2 is 1.95 bits per heavy atom. The third kappa shape index (κ3) is 2.91. The summed E-state index contributed by atoms with van der Waals surface area (Å²) < 4.78 is 5.24. The van der Waals surface area contributed by atoms with Crippen LogP contribution in [0.15, 0.2) is 61.2 Å². The van der Waals surface area contributed by atoms with Gasteiger partial charge in [-0.25, -0.2) is 4.79 Å². The van der Waals surface area contributed by atoms with Crippen molar-refractivity contribution in [3.63, 3.8) is 0 Å². The second kappa shape index (κ2) is 5.70. The first-order chi connectivity index (χ1) is 9.24. The molecule has 2 nitrogen and oxygen atoms in total. The molecule has 2 rings (SSSR count). The zero-order valence-electron chi connectivity index (χ0n) is 10.3. The zero-order chi connectivity index (χ0) is 13.7. The molecule has 0 saturated carbocycles. The normalized spacial score (nSPS) is 9.42. The Hall–Kier alpha value is -2.79. The fourth-order valence-electron chi connectivity index (χ4n) is 1.70. The van der Waals surface area contributed by atoms with Crippen LogP contribution in [0.4, 0.5) is 0 Å². The molecule has 2 aromatic carbocycles. The number of terminal acetylenes is 1. The summed E-state index contributed by atoms with van der Waals surface area (Å²) in [5.74, 6) is 2.45. The Morgan fingerprint density at radius 3 is 2.58 bits per heavy atom. The van der Waals surface area contributed by atoms with E-state index in [1.54, 1.807) is 6.07 Å². The quantitative estimate of drug-likeness (QED) is 0.360. The molecule has 0 amide bonds. The van der Waals surface area contributed by atoms with Crippen molar-refractivity contribution >= 4 is 5.97 Å². The van der Waals surface area contributed by atoms with Gasteiger partial charge in [0.2, 0.25) is 0 Å². The van der Waals surface area contributed by atoms with E-state index in [4.69, 9.17) is 11.2 Å². The van der Waals surface area contributed by atoms with Crippen LogP contribution in [0, 0.1) is 12.3 Å². The van der Waals surface area contributed by atoms with Crippen molar-refractivity contribution in [3.8, 4) is 29.2 Å². The Bertz CT molecular complexity index is 649. The van der Waals surface area contributed by atoms with Crippen LogP contribution >= 0.6 is 0 Å². The molecule has 0 aromatic heterocycles. The molecule has 0 heterocycles. The lowest BCUT2D eigenvalue weighted by Crippen LogP contribution is -2.04. The Kier molecular flexibility index (Phi) is 3.80. The minimum absolute atomic E-state index is 0.437. The molecule has 92 valence electrons. The molecular formula is C17H12O2. The van der Waals surface area contributed by atoms with Crippen molar-refractivity contribution in [1.82, 2.24) is 0 Å². The van der Waals surface area contributed by atoms with Crippen LogP contribution in [0.2, 0.25) is 0 Å². The van der Waals surface area contributed by atoms with Gasteiger partial charge in [0.25, 0.3) is 0 Å². The van der Waals surface area contributed by atoms with Crippen molar-refractivity contribution < 1.29 is 9.53 Å². The largest absolute Gasteiger partial charge is 0.423 e. The molecule has 0 unspecified atom stereocenters. The lowest BCUT2D eigenvalue weighted by atomic mass is 10.0. The maximum Gasteiger partial charge on any atom is 0.335 e. The lowest BCUT2D eigenvalue weighted by molar-refractivity contribution is -0.128. The molecule has 0 aliphatic heterocycles. The molecule has 0 atom stereocenters. The summed E-state index contributed by atoms with van der Waals surface area (Å²) in [7, 11) is 0. The monoisotopic (exact) mass is 248 g/mol. The Balaban J connectivity index is 2.51. The van der Waals surface area contributed by atoms with Gasteiger partial charge in [-0.3, -0.25) is 0 Å². The predicted molar refractivity (Wildman–Crippen MR) is 75.6 cm³/mol. The van der Waals surface area contributed by atoms with Gasteiger partial charge >= 0.3 is 5.97 Å². The van der Waals surface area contributed by atoms with E-state index < -0.39 is 5.97 Å². The summed E-state index contributed by atoms with van der Waals surface area (Å²) in [6, 6.07) is 15.0. The molecule has 0 saturated heterocycles. The first kappa shape index (κ1) is 12.7. The second-order valence-electron chi connectivity index (χ2n) is 3.85. The first-order valence-electron chi connectivity index (χ1n) is 5.75. The summed E-state index contributed by atoms with van der Waals surface area (Å²) in [4.78, 5) is 11.4. The van der Waals surface area contributed by atoms with Gasteiger partial charge in [-0.2, -0.15) is 0 Å². The third-order valence-electron chi connectivity index (χ3n) is 2.61. The summed E-state index contributed by atoms with van der Waals surface area (Å²) >= 11 is 0. The van der Waals surface area contributed by atoms with Crippen LogP contribution in [0.25, 0.3) is 11.1 Å². The van der Waals surface area contributed by atoms with Gasteiger partial charge in [0.1, 0.15) is 5.75 Å². The highest BCUT2D eigenvalue weighted by Gasteiger charge is 2.09. The van der Waals surface area contributed by atoms with Crippen LogP contribution in [-0.4, -0.2) is 5.97 Å². The number of benzene rings is 2. The fraction of sp³-hybridized carbons (Fsp3) is 0. The van der Waals surface area contributed by atoms with Crippen LogP contribution < -0.4 is 4.74 Å². The van der Waals surface area contributed by atoms with Gasteiger partial charge in [0.05, 0.1) is 0 Å². The molecule has 0 radical (unpaired) electrons. The van der Waals surface area contributed by atoms with Gasteiger partial charge in [0, 0.05) is 17.2 Å². The minimum atomic E-state index is -0.508. The van der Waals surface area contributed by atoms with Crippen molar-refractivity contribution in [2.24, 2.45) is 0 Å². The molecule has 0 fully saturated rings. The molecule has 0 bridgehead atoms. The summed E-state index contributed by atoms with van der Waals surface area (Å²) in [6.45, 7) is 3.39. The average Bonchev–Trinajstić information content (AvgIpc) is 2.48. The zero-order valence-corrected chi connectivity index (χ0v) is 10.3. The van der Waals surface area contributed by atoms with Gasteiger partial charge in [-0.1, -0.05) is 42.8 Å². The average molecular weight is 248 g/mol. The predicted octanol–water partition coefficient (Wildman–Crippen LogP) is 3.43. The van der Waals surface area contributed by atoms with E-state index in [9.17, 15) is 4.79 Å². The Labute approximate surface area is 112 Å². The molecule has 0 spiro atoms. The molecule has 0 aliphatic rings. The molecule has 2 aromatic rings. The molecule has 2 heteroatoms. The van der Waals surface area contributed by atoms with Gasteiger partial charge in [-0.15, -0.1) is 6.42 Å². The van der Waals surface area contributed by atoms with Crippen LogP contribution in [0.3, 0.4) is 0 Å². The third-order valence-corrected chi connectivity index (χ3v) is 2.61. The summed E-state index contributed by atoms with van der Waals surface area (Å²) in [5.41, 5.74) is 2.43. The highest BCUT2D eigenvalue weighted by molar-refractivity contribution is 5.85. The number of carbonyl (C=O) groups is 1. The maximum atomic E-state index is 11.4. The number of hydrogen-bond acceptors (Lipinski definition) is 2. The maximum absolute atomic E-state index is 11.4. The Morgan fingerprint density at radius 1 is 1.21 bits per heavy atom. The second-order valence-corrected chi connectivity index (χ2v) is 3.85.